The summed E-state index contributed by atoms with van der Waals surface area (Å²) in [5.41, 5.74) is 10.7. The average Bonchev–Trinajstić information content (AvgIpc) is 3.52. The number of thiophene rings is 2. The molecule has 0 bridgehead atoms. The summed E-state index contributed by atoms with van der Waals surface area (Å²) in [4.78, 5) is 44.7. The van der Waals surface area contributed by atoms with Gasteiger partial charge >= 0.3 is 11.9 Å². The fraction of sp³-hybridized carbons (Fsp3) is 0.161. The topological polar surface area (TPSA) is 130 Å². The Morgan fingerprint density at radius 2 is 1.64 bits per heavy atom. The van der Waals surface area contributed by atoms with E-state index in [1.54, 1.807) is 21.0 Å². The largest absolute Gasteiger partial charge is 0.497 e. The van der Waals surface area contributed by atoms with Crippen LogP contribution in [0.1, 0.15) is 42.2 Å². The van der Waals surface area contributed by atoms with Gasteiger partial charge in [-0.15, -0.1) is 22.7 Å². The number of methoxy groups -OCH3 is 2. The fourth-order valence-corrected chi connectivity index (χ4v) is 6.64. The summed E-state index contributed by atoms with van der Waals surface area (Å²) in [5.74, 6) is -1.11. The van der Waals surface area contributed by atoms with Gasteiger partial charge in [0.1, 0.15) is 25.3 Å². The molecule has 11 heteroatoms. The molecule has 2 aromatic carbocycles. The summed E-state index contributed by atoms with van der Waals surface area (Å²) in [7, 11) is 2.83. The number of rotatable bonds is 8. The van der Waals surface area contributed by atoms with Crippen molar-refractivity contribution in [3.63, 3.8) is 0 Å². The molecule has 0 aliphatic heterocycles. The van der Waals surface area contributed by atoms with Crippen molar-refractivity contribution in [1.82, 2.24) is 4.98 Å². The van der Waals surface area contributed by atoms with Gasteiger partial charge in [0.15, 0.2) is 0 Å². The van der Waals surface area contributed by atoms with E-state index >= 15 is 0 Å². The first-order chi connectivity index (χ1) is 20.3. The molecule has 0 saturated carbocycles. The lowest BCUT2D eigenvalue weighted by atomic mass is 9.99. The van der Waals surface area contributed by atoms with Crippen LogP contribution in [0.4, 0.5) is 10.7 Å². The van der Waals surface area contributed by atoms with Crippen LogP contribution in [0.5, 0.6) is 5.75 Å². The fourth-order valence-electron chi connectivity index (χ4n) is 4.55. The molecule has 0 aliphatic carbocycles. The molecule has 214 valence electrons. The number of amides is 1. The van der Waals surface area contributed by atoms with Gasteiger partial charge in [0.05, 0.1) is 37.8 Å². The van der Waals surface area contributed by atoms with Crippen molar-refractivity contribution in [2.24, 2.45) is 0 Å². The molecular formula is C31H27N3O6S2. The summed E-state index contributed by atoms with van der Waals surface area (Å²) in [6.07, 6.45) is 0. The van der Waals surface area contributed by atoms with Crippen LogP contribution in [0, 0.1) is 6.92 Å². The van der Waals surface area contributed by atoms with Gasteiger partial charge in [-0.2, -0.15) is 0 Å². The lowest BCUT2D eigenvalue weighted by molar-refractivity contribution is 0.0531. The van der Waals surface area contributed by atoms with Crippen LogP contribution in [0.3, 0.4) is 0 Å². The lowest BCUT2D eigenvalue weighted by Gasteiger charge is -2.10. The van der Waals surface area contributed by atoms with Crippen LogP contribution in [-0.4, -0.2) is 43.7 Å². The van der Waals surface area contributed by atoms with Crippen LogP contribution >= 0.6 is 22.7 Å². The van der Waals surface area contributed by atoms with E-state index in [4.69, 9.17) is 24.9 Å². The second kappa shape index (κ2) is 12.0. The van der Waals surface area contributed by atoms with E-state index < -0.39 is 17.8 Å². The second-order valence-corrected chi connectivity index (χ2v) is 11.1. The van der Waals surface area contributed by atoms with E-state index in [9.17, 15) is 14.4 Å². The number of esters is 2. The van der Waals surface area contributed by atoms with Crippen molar-refractivity contribution in [3.05, 3.63) is 81.5 Å². The molecule has 0 unspecified atom stereocenters. The normalized spacial score (nSPS) is 10.9. The van der Waals surface area contributed by atoms with Gasteiger partial charge in [-0.1, -0.05) is 42.5 Å². The number of nitrogens with one attached hydrogen (secondary N) is 1. The quantitative estimate of drug-likeness (QED) is 0.186. The van der Waals surface area contributed by atoms with Crippen molar-refractivity contribution >= 4 is 61.4 Å². The number of hydrogen-bond donors (Lipinski definition) is 2. The number of hydrogen-bond acceptors (Lipinski definition) is 10. The minimum Gasteiger partial charge on any atom is -0.497 e. The summed E-state index contributed by atoms with van der Waals surface area (Å²) >= 11 is 2.09. The predicted octanol–water partition coefficient (Wildman–Crippen LogP) is 6.81. The number of pyridine rings is 1. The van der Waals surface area contributed by atoms with Gasteiger partial charge in [0.2, 0.25) is 0 Å². The average molecular weight is 602 g/mol. The highest BCUT2D eigenvalue weighted by Crippen LogP contribution is 2.42. The molecule has 0 radical (unpaired) electrons. The molecule has 42 heavy (non-hydrogen) atoms. The minimum absolute atomic E-state index is 0.0852. The number of anilines is 2. The Morgan fingerprint density at radius 1 is 0.929 bits per heavy atom. The number of fused-ring (bicyclic) bond motifs is 1. The zero-order valence-electron chi connectivity index (χ0n) is 23.3. The zero-order chi connectivity index (χ0) is 30.0. The minimum atomic E-state index is -0.685. The SMILES string of the molecule is CCOC(=O)c1sc(NC(=O)c2sc3nc(-c4ccccc4)cc(-c4ccc(OC)cc4)c3c2N)c(C(=O)OC)c1C. The van der Waals surface area contributed by atoms with Gasteiger partial charge in [-0.05, 0) is 48.7 Å². The number of nitrogens with two attached hydrogens (primary N) is 1. The van der Waals surface area contributed by atoms with Crippen molar-refractivity contribution in [2.45, 2.75) is 13.8 Å². The first-order valence-corrected chi connectivity index (χ1v) is 14.5. The van der Waals surface area contributed by atoms with E-state index in [1.807, 2.05) is 60.7 Å². The summed E-state index contributed by atoms with van der Waals surface area (Å²) in [5, 5.41) is 3.58. The number of ether oxygens (including phenoxy) is 3. The van der Waals surface area contributed by atoms with Crippen molar-refractivity contribution in [1.29, 1.82) is 0 Å². The summed E-state index contributed by atoms with van der Waals surface area (Å²) in [6.45, 7) is 3.46. The Morgan fingerprint density at radius 3 is 2.29 bits per heavy atom. The molecule has 9 nitrogen and oxygen atoms in total. The monoisotopic (exact) mass is 601 g/mol. The maximum Gasteiger partial charge on any atom is 0.348 e. The highest BCUT2D eigenvalue weighted by molar-refractivity contribution is 7.22. The number of nitrogens with zero attached hydrogens (tertiary/aromatic N) is 1. The zero-order valence-corrected chi connectivity index (χ0v) is 24.9. The maximum atomic E-state index is 13.7. The first-order valence-electron chi connectivity index (χ1n) is 12.9. The third kappa shape index (κ3) is 5.31. The van der Waals surface area contributed by atoms with Crippen LogP contribution < -0.4 is 15.8 Å². The second-order valence-electron chi connectivity index (χ2n) is 9.10. The van der Waals surface area contributed by atoms with Crippen LogP contribution in [0.2, 0.25) is 0 Å². The van der Waals surface area contributed by atoms with E-state index in [2.05, 4.69) is 5.32 Å². The number of benzene rings is 2. The highest BCUT2D eigenvalue weighted by Gasteiger charge is 2.29. The van der Waals surface area contributed by atoms with Gasteiger partial charge in [0, 0.05) is 10.9 Å². The van der Waals surface area contributed by atoms with Crippen molar-refractivity contribution in [2.75, 3.05) is 31.9 Å². The Kier molecular flexibility index (Phi) is 8.23. The Balaban J connectivity index is 1.63. The van der Waals surface area contributed by atoms with Crippen LogP contribution in [0.15, 0.2) is 60.7 Å². The molecule has 0 fully saturated rings. The smallest absolute Gasteiger partial charge is 0.348 e. The molecule has 0 saturated heterocycles. The van der Waals surface area contributed by atoms with Gasteiger partial charge < -0.3 is 25.3 Å². The lowest BCUT2D eigenvalue weighted by Crippen LogP contribution is -2.14. The van der Waals surface area contributed by atoms with Crippen molar-refractivity contribution in [3.8, 4) is 28.1 Å². The maximum absolute atomic E-state index is 13.7. The molecule has 0 atom stereocenters. The first kappa shape index (κ1) is 28.8. The highest BCUT2D eigenvalue weighted by atomic mass is 32.1. The van der Waals surface area contributed by atoms with Gasteiger partial charge in [-0.3, -0.25) is 4.79 Å². The van der Waals surface area contributed by atoms with E-state index in [1.165, 1.54) is 7.11 Å². The van der Waals surface area contributed by atoms with E-state index in [0.717, 1.165) is 45.1 Å². The van der Waals surface area contributed by atoms with E-state index in [0.29, 0.717) is 21.5 Å². The Labute approximate surface area is 249 Å². The Bertz CT molecular complexity index is 1810. The molecule has 3 heterocycles. The van der Waals surface area contributed by atoms with E-state index in [-0.39, 0.29) is 32.6 Å². The van der Waals surface area contributed by atoms with Crippen LogP contribution in [0.25, 0.3) is 32.6 Å². The number of aromatic nitrogens is 1. The predicted molar refractivity (Wildman–Crippen MR) is 166 cm³/mol. The summed E-state index contributed by atoms with van der Waals surface area (Å²) in [6, 6.07) is 19.2. The molecule has 5 aromatic rings. The molecule has 3 N–H and O–H groups in total. The third-order valence-corrected chi connectivity index (χ3v) is 8.89. The molecule has 0 spiro atoms. The van der Waals surface area contributed by atoms with Gasteiger partial charge in [0.25, 0.3) is 5.91 Å². The summed E-state index contributed by atoms with van der Waals surface area (Å²) < 4.78 is 15.4. The number of nitrogen functional groups attached to an aromatic ring is 1. The van der Waals surface area contributed by atoms with Gasteiger partial charge in [-0.25, -0.2) is 14.6 Å². The standard InChI is InChI=1S/C31H27N3O6S2/c1-5-40-31(37)25-16(2)22(30(36)39-4)28(41-25)34-27(35)26-24(32)23-20(17-11-13-19(38-3)14-12-17)15-21(33-29(23)42-26)18-9-7-6-8-10-18/h6-15H,5,32H2,1-4H3,(H,34,35). The molecule has 5 rings (SSSR count). The molecular weight excluding hydrogens is 574 g/mol. The molecule has 3 aromatic heterocycles. The number of carbonyl (C=O) groups excluding carboxylic acids is 3. The number of carbonyl (C=O) groups is 3. The molecule has 1 amide bonds. The van der Waals surface area contributed by atoms with Crippen molar-refractivity contribution < 1.29 is 28.6 Å². The molecule has 0 aliphatic rings. The Hall–Kier alpha value is -4.74. The third-order valence-electron chi connectivity index (χ3n) is 6.60. The van der Waals surface area contributed by atoms with Crippen LogP contribution in [-0.2, 0) is 9.47 Å².